The molecule has 0 unspecified atom stereocenters. The average Bonchev–Trinajstić information content (AvgIpc) is 3.29. The van der Waals surface area contributed by atoms with E-state index in [-0.39, 0.29) is 11.7 Å². The third kappa shape index (κ3) is 3.37. The molecule has 0 bridgehead atoms. The maximum Gasteiger partial charge on any atom is 0.274 e. The predicted octanol–water partition coefficient (Wildman–Crippen LogP) is 2.43. The predicted molar refractivity (Wildman–Crippen MR) is 108 cm³/mol. The first-order valence-electron chi connectivity index (χ1n) is 10.1. The van der Waals surface area contributed by atoms with Crippen molar-refractivity contribution in [1.82, 2.24) is 9.97 Å². The Balaban J connectivity index is 1.37. The SMILES string of the molecule is Cc1nc(N2CCN(c3cccc[nH+]3)CC2)nc2c1C(=O)C[C@@H](c1ccco1)C2. The van der Waals surface area contributed by atoms with Crippen LogP contribution in [0, 0.1) is 6.92 Å². The van der Waals surface area contributed by atoms with Crippen molar-refractivity contribution in [2.45, 2.75) is 25.7 Å². The fourth-order valence-electron chi connectivity index (χ4n) is 4.35. The van der Waals surface area contributed by atoms with Gasteiger partial charge in [0.25, 0.3) is 5.82 Å². The minimum Gasteiger partial charge on any atom is -0.469 e. The molecule has 7 nitrogen and oxygen atoms in total. The molecule has 3 aromatic rings. The number of aromatic amines is 1. The molecule has 1 aliphatic heterocycles. The lowest BCUT2D eigenvalue weighted by molar-refractivity contribution is -0.364. The van der Waals surface area contributed by atoms with Gasteiger partial charge in [0.1, 0.15) is 18.8 Å². The number of hydrogen-bond acceptors (Lipinski definition) is 6. The number of piperazine rings is 1. The van der Waals surface area contributed by atoms with Crippen LogP contribution in [0.3, 0.4) is 0 Å². The van der Waals surface area contributed by atoms with Crippen LogP contribution in [0.2, 0.25) is 0 Å². The van der Waals surface area contributed by atoms with Crippen LogP contribution in [0.25, 0.3) is 0 Å². The number of anilines is 2. The molecule has 0 amide bonds. The van der Waals surface area contributed by atoms with Crippen LogP contribution in [0.5, 0.6) is 0 Å². The Labute approximate surface area is 169 Å². The largest absolute Gasteiger partial charge is 0.469 e. The average molecular weight is 390 g/mol. The Kier molecular flexibility index (Phi) is 4.50. The van der Waals surface area contributed by atoms with Gasteiger partial charge in [-0.3, -0.25) is 9.69 Å². The van der Waals surface area contributed by atoms with Crippen molar-refractivity contribution in [3.8, 4) is 0 Å². The molecule has 2 aliphatic rings. The summed E-state index contributed by atoms with van der Waals surface area (Å²) in [6.07, 6.45) is 4.78. The summed E-state index contributed by atoms with van der Waals surface area (Å²) in [4.78, 5) is 30.1. The summed E-state index contributed by atoms with van der Waals surface area (Å²) in [6, 6.07) is 9.93. The van der Waals surface area contributed by atoms with Crippen molar-refractivity contribution in [2.75, 3.05) is 36.0 Å². The standard InChI is InChI=1S/C22H23N5O2/c1-15-21-17(13-16(14-18(21)28)19-5-4-12-29-19)25-22(24-15)27-10-8-26(9-11-27)20-6-2-3-7-23-20/h2-7,12,16H,8-11,13-14H2,1H3/p+1/t16-/m0/s1. The number of nitrogens with one attached hydrogen (secondary N) is 1. The third-order valence-corrected chi connectivity index (χ3v) is 5.84. The van der Waals surface area contributed by atoms with E-state index in [2.05, 4.69) is 20.9 Å². The fourth-order valence-corrected chi connectivity index (χ4v) is 4.35. The fraction of sp³-hybridized carbons (Fsp3) is 0.364. The Morgan fingerprint density at radius 2 is 1.86 bits per heavy atom. The molecule has 4 heterocycles. The summed E-state index contributed by atoms with van der Waals surface area (Å²) in [6.45, 7) is 5.40. The van der Waals surface area contributed by atoms with Gasteiger partial charge in [0.2, 0.25) is 5.95 Å². The molecule has 1 N–H and O–H groups in total. The van der Waals surface area contributed by atoms with Crippen LogP contribution in [0.15, 0.2) is 47.2 Å². The molecule has 0 aromatic carbocycles. The Morgan fingerprint density at radius 1 is 1.03 bits per heavy atom. The number of nitrogens with zero attached hydrogens (tertiary/aromatic N) is 4. The lowest BCUT2D eigenvalue weighted by Crippen LogP contribution is -2.48. The molecule has 0 radical (unpaired) electrons. The molecule has 0 spiro atoms. The lowest BCUT2D eigenvalue weighted by Gasteiger charge is -2.32. The minimum atomic E-state index is 0.0533. The first kappa shape index (κ1) is 17.8. The number of fused-ring (bicyclic) bond motifs is 1. The van der Waals surface area contributed by atoms with Gasteiger partial charge in [-0.1, -0.05) is 6.07 Å². The summed E-state index contributed by atoms with van der Waals surface area (Å²) in [5.41, 5.74) is 2.34. The van der Waals surface area contributed by atoms with Crippen LogP contribution < -0.4 is 14.8 Å². The zero-order valence-corrected chi connectivity index (χ0v) is 16.5. The molecular formula is C22H24N5O2+. The van der Waals surface area contributed by atoms with Crippen molar-refractivity contribution in [3.05, 3.63) is 65.5 Å². The second-order valence-corrected chi connectivity index (χ2v) is 7.70. The van der Waals surface area contributed by atoms with Crippen molar-refractivity contribution in [1.29, 1.82) is 0 Å². The molecule has 29 heavy (non-hydrogen) atoms. The zero-order chi connectivity index (χ0) is 19.8. The molecule has 5 rings (SSSR count). The number of carbonyl (C=O) groups is 1. The molecular weight excluding hydrogens is 366 g/mol. The van der Waals surface area contributed by atoms with Crippen molar-refractivity contribution in [2.24, 2.45) is 0 Å². The highest BCUT2D eigenvalue weighted by molar-refractivity contribution is 5.99. The number of pyridine rings is 1. The molecule has 1 aliphatic carbocycles. The molecule has 148 valence electrons. The second kappa shape index (κ2) is 7.31. The van der Waals surface area contributed by atoms with E-state index in [0.717, 1.165) is 55.1 Å². The summed E-state index contributed by atoms with van der Waals surface area (Å²) < 4.78 is 5.55. The number of carbonyl (C=O) groups excluding carboxylic acids is 1. The van der Waals surface area contributed by atoms with E-state index in [4.69, 9.17) is 14.4 Å². The van der Waals surface area contributed by atoms with Gasteiger partial charge in [-0.15, -0.1) is 0 Å². The Bertz CT molecular complexity index is 1010. The van der Waals surface area contributed by atoms with Crippen LogP contribution in [0.4, 0.5) is 11.8 Å². The van der Waals surface area contributed by atoms with Gasteiger partial charge < -0.3 is 9.32 Å². The van der Waals surface area contributed by atoms with Crippen molar-refractivity contribution < 1.29 is 14.2 Å². The lowest BCUT2D eigenvalue weighted by atomic mass is 9.84. The van der Waals surface area contributed by atoms with E-state index in [0.29, 0.717) is 18.4 Å². The van der Waals surface area contributed by atoms with Crippen molar-refractivity contribution >= 4 is 17.5 Å². The number of furan rings is 1. The number of Topliss-reactive ketones (excluding diaryl/α,β-unsaturated/α-hetero) is 1. The van der Waals surface area contributed by atoms with Crippen molar-refractivity contribution in [3.63, 3.8) is 0 Å². The molecule has 1 atom stereocenters. The Morgan fingerprint density at radius 3 is 2.59 bits per heavy atom. The van der Waals surface area contributed by atoms with Gasteiger partial charge in [-0.2, -0.15) is 0 Å². The van der Waals surface area contributed by atoms with Gasteiger partial charge in [0.05, 0.1) is 42.5 Å². The maximum atomic E-state index is 12.8. The Hall–Kier alpha value is -3.22. The van der Waals surface area contributed by atoms with E-state index >= 15 is 0 Å². The monoisotopic (exact) mass is 390 g/mol. The summed E-state index contributed by atoms with van der Waals surface area (Å²) in [7, 11) is 0. The second-order valence-electron chi connectivity index (χ2n) is 7.70. The molecule has 0 saturated carbocycles. The number of rotatable bonds is 3. The van der Waals surface area contributed by atoms with E-state index in [1.165, 1.54) is 0 Å². The summed E-state index contributed by atoms with van der Waals surface area (Å²) >= 11 is 0. The topological polar surface area (TPSA) is 76.6 Å². The quantitative estimate of drug-likeness (QED) is 0.684. The van der Waals surface area contributed by atoms with E-state index in [9.17, 15) is 4.79 Å². The first-order chi connectivity index (χ1) is 14.2. The molecule has 3 aromatic heterocycles. The molecule has 1 fully saturated rings. The highest BCUT2D eigenvalue weighted by Crippen LogP contribution is 2.34. The summed E-state index contributed by atoms with van der Waals surface area (Å²) in [5, 5.41) is 0. The third-order valence-electron chi connectivity index (χ3n) is 5.84. The van der Waals surface area contributed by atoms with Crippen LogP contribution >= 0.6 is 0 Å². The van der Waals surface area contributed by atoms with Gasteiger partial charge in [0, 0.05) is 24.8 Å². The van der Waals surface area contributed by atoms with Gasteiger partial charge in [0.15, 0.2) is 5.78 Å². The first-order valence-corrected chi connectivity index (χ1v) is 10.1. The van der Waals surface area contributed by atoms with Gasteiger partial charge in [-0.05, 0) is 25.1 Å². The highest BCUT2D eigenvalue weighted by Gasteiger charge is 2.32. The van der Waals surface area contributed by atoms with Crippen LogP contribution in [-0.2, 0) is 6.42 Å². The molecule has 1 saturated heterocycles. The number of hydrogen-bond donors (Lipinski definition) is 0. The molecule has 7 heteroatoms. The minimum absolute atomic E-state index is 0.0533. The number of aromatic nitrogens is 3. The number of aryl methyl sites for hydroxylation is 1. The van der Waals surface area contributed by atoms with Gasteiger partial charge in [-0.25, -0.2) is 15.0 Å². The smallest absolute Gasteiger partial charge is 0.274 e. The number of H-pyrrole nitrogens is 1. The summed E-state index contributed by atoms with van der Waals surface area (Å²) in [5.74, 6) is 2.88. The van der Waals surface area contributed by atoms with Gasteiger partial charge >= 0.3 is 0 Å². The van der Waals surface area contributed by atoms with E-state index in [1.807, 2.05) is 37.4 Å². The van der Waals surface area contributed by atoms with E-state index in [1.54, 1.807) is 6.26 Å². The van der Waals surface area contributed by atoms with Crippen LogP contribution in [-0.4, -0.2) is 41.9 Å². The number of ketones is 1. The van der Waals surface area contributed by atoms with Crippen LogP contribution in [0.1, 0.15) is 39.8 Å². The normalized spacial score (nSPS) is 19.3. The zero-order valence-electron chi connectivity index (χ0n) is 16.5. The van der Waals surface area contributed by atoms with E-state index < -0.39 is 0 Å². The maximum absolute atomic E-state index is 12.8. The highest BCUT2D eigenvalue weighted by atomic mass is 16.3.